The van der Waals surface area contributed by atoms with Gasteiger partial charge in [0.05, 0.1) is 6.61 Å². The Labute approximate surface area is 113 Å². The van der Waals surface area contributed by atoms with E-state index in [9.17, 15) is 0 Å². The molecule has 0 saturated carbocycles. The molecule has 2 aromatic carbocycles. The summed E-state index contributed by atoms with van der Waals surface area (Å²) in [6, 6.07) is 12.4. The fraction of sp³-hybridized carbons (Fsp3) is 0.333. The van der Waals surface area contributed by atoms with Gasteiger partial charge in [0.1, 0.15) is 5.75 Å². The number of rotatable bonds is 5. The van der Waals surface area contributed by atoms with Gasteiger partial charge < -0.3 is 10.5 Å². The molecule has 0 saturated heterocycles. The monoisotopic (exact) mass is 261 g/mol. The van der Waals surface area contributed by atoms with Crippen LogP contribution in [0, 0.1) is 0 Å². The Morgan fingerprint density at radius 2 is 2.00 bits per heavy atom. The molecule has 96 valence electrons. The third-order valence-electron chi connectivity index (χ3n) is 2.93. The van der Waals surface area contributed by atoms with Crippen LogP contribution in [0.4, 0.5) is 0 Å². The Hall–Kier alpha value is -1.19. The summed E-state index contributed by atoms with van der Waals surface area (Å²) < 4.78 is 5.95. The molecule has 3 heteroatoms. The molecule has 0 amide bonds. The second kappa shape index (κ2) is 6.12. The fourth-order valence-corrected chi connectivity index (χ4v) is 2.26. The molecule has 2 aromatic rings. The van der Waals surface area contributed by atoms with E-state index in [1.807, 2.05) is 19.1 Å². The molecule has 1 unspecified atom stereocenters. The van der Waals surface area contributed by atoms with Crippen LogP contribution in [0.1, 0.15) is 18.5 Å². The number of nitrogens with two attached hydrogens (primary N) is 1. The number of fused-ring (bicyclic) bond motifs is 1. The molecule has 0 spiro atoms. The van der Waals surface area contributed by atoms with Crippen molar-refractivity contribution in [2.75, 3.05) is 18.6 Å². The van der Waals surface area contributed by atoms with Gasteiger partial charge in [0, 0.05) is 22.7 Å². The van der Waals surface area contributed by atoms with Gasteiger partial charge in [-0.25, -0.2) is 0 Å². The minimum absolute atomic E-state index is 0.0149. The van der Waals surface area contributed by atoms with E-state index in [1.165, 1.54) is 5.39 Å². The van der Waals surface area contributed by atoms with Gasteiger partial charge >= 0.3 is 0 Å². The second-order valence-corrected chi connectivity index (χ2v) is 5.32. The predicted molar refractivity (Wildman–Crippen MR) is 80.4 cm³/mol. The molecule has 2 nitrogen and oxygen atoms in total. The average molecular weight is 261 g/mol. The zero-order valence-electron chi connectivity index (χ0n) is 10.8. The molecule has 1 atom stereocenters. The molecule has 0 aliphatic heterocycles. The summed E-state index contributed by atoms with van der Waals surface area (Å²) in [5.74, 6) is 1.93. The SMILES string of the molecule is CSCCOc1c(C(C)N)ccc2ccccc12. The third-order valence-corrected chi connectivity index (χ3v) is 3.51. The number of hydrogen-bond acceptors (Lipinski definition) is 3. The Bertz CT molecular complexity index is 525. The largest absolute Gasteiger partial charge is 0.492 e. The van der Waals surface area contributed by atoms with Gasteiger partial charge in [0.2, 0.25) is 0 Å². The number of ether oxygens (including phenoxy) is 1. The highest BCUT2D eigenvalue weighted by Gasteiger charge is 2.11. The van der Waals surface area contributed by atoms with Crippen LogP contribution in [0.3, 0.4) is 0 Å². The van der Waals surface area contributed by atoms with E-state index >= 15 is 0 Å². The fourth-order valence-electron chi connectivity index (χ4n) is 2.01. The van der Waals surface area contributed by atoms with Crippen molar-refractivity contribution in [3.05, 3.63) is 42.0 Å². The molecule has 0 radical (unpaired) electrons. The predicted octanol–water partition coefficient (Wildman–Crippen LogP) is 3.60. The molecular formula is C15H19NOS. The number of thioether (sulfide) groups is 1. The Morgan fingerprint density at radius 3 is 2.72 bits per heavy atom. The summed E-state index contributed by atoms with van der Waals surface area (Å²) in [5.41, 5.74) is 7.10. The first-order valence-electron chi connectivity index (χ1n) is 6.13. The van der Waals surface area contributed by atoms with Crippen LogP contribution in [0.25, 0.3) is 10.8 Å². The van der Waals surface area contributed by atoms with E-state index in [0.29, 0.717) is 0 Å². The molecule has 2 N–H and O–H groups in total. The summed E-state index contributed by atoms with van der Waals surface area (Å²) >= 11 is 1.78. The number of hydrogen-bond donors (Lipinski definition) is 1. The van der Waals surface area contributed by atoms with Crippen LogP contribution < -0.4 is 10.5 Å². The lowest BCUT2D eigenvalue weighted by Gasteiger charge is -2.16. The molecule has 0 aliphatic rings. The maximum atomic E-state index is 6.02. The van der Waals surface area contributed by atoms with Gasteiger partial charge in [-0.15, -0.1) is 0 Å². The molecule has 0 bridgehead atoms. The first-order valence-corrected chi connectivity index (χ1v) is 7.52. The van der Waals surface area contributed by atoms with Crippen molar-refractivity contribution in [3.63, 3.8) is 0 Å². The minimum atomic E-state index is -0.0149. The first kappa shape index (κ1) is 13.2. The maximum Gasteiger partial charge on any atom is 0.131 e. The first-order chi connectivity index (χ1) is 8.74. The normalized spacial score (nSPS) is 12.6. The van der Waals surface area contributed by atoms with Gasteiger partial charge in [-0.1, -0.05) is 36.4 Å². The van der Waals surface area contributed by atoms with E-state index < -0.39 is 0 Å². The number of benzene rings is 2. The maximum absolute atomic E-state index is 6.02. The van der Waals surface area contributed by atoms with E-state index in [0.717, 1.165) is 29.1 Å². The van der Waals surface area contributed by atoms with E-state index in [-0.39, 0.29) is 6.04 Å². The summed E-state index contributed by atoms with van der Waals surface area (Å²) in [7, 11) is 0. The summed E-state index contributed by atoms with van der Waals surface area (Å²) in [4.78, 5) is 0. The Balaban J connectivity index is 2.45. The van der Waals surface area contributed by atoms with Crippen molar-refractivity contribution in [2.24, 2.45) is 5.73 Å². The van der Waals surface area contributed by atoms with Gasteiger partial charge in [0.15, 0.2) is 0 Å². The van der Waals surface area contributed by atoms with Crippen LogP contribution in [0.2, 0.25) is 0 Å². The highest BCUT2D eigenvalue weighted by Crippen LogP contribution is 2.32. The van der Waals surface area contributed by atoms with Crippen molar-refractivity contribution in [2.45, 2.75) is 13.0 Å². The highest BCUT2D eigenvalue weighted by molar-refractivity contribution is 7.98. The molecular weight excluding hydrogens is 242 g/mol. The summed E-state index contributed by atoms with van der Waals surface area (Å²) in [6.07, 6.45) is 2.08. The lowest BCUT2D eigenvalue weighted by Crippen LogP contribution is -2.09. The Morgan fingerprint density at radius 1 is 1.22 bits per heavy atom. The van der Waals surface area contributed by atoms with Crippen LogP contribution in [-0.4, -0.2) is 18.6 Å². The van der Waals surface area contributed by atoms with Gasteiger partial charge in [0.25, 0.3) is 0 Å². The van der Waals surface area contributed by atoms with E-state index in [1.54, 1.807) is 11.8 Å². The van der Waals surface area contributed by atoms with Gasteiger partial charge in [-0.05, 0) is 18.6 Å². The zero-order chi connectivity index (χ0) is 13.0. The van der Waals surface area contributed by atoms with Crippen molar-refractivity contribution in [3.8, 4) is 5.75 Å². The Kier molecular flexibility index (Phi) is 4.50. The minimum Gasteiger partial charge on any atom is -0.492 e. The van der Waals surface area contributed by atoms with Crippen molar-refractivity contribution in [1.29, 1.82) is 0 Å². The van der Waals surface area contributed by atoms with Gasteiger partial charge in [-0.2, -0.15) is 11.8 Å². The molecule has 0 heterocycles. The van der Waals surface area contributed by atoms with E-state index in [4.69, 9.17) is 10.5 Å². The molecule has 0 fully saturated rings. The summed E-state index contributed by atoms with van der Waals surface area (Å²) in [5, 5.41) is 2.34. The average Bonchev–Trinajstić information content (AvgIpc) is 2.38. The topological polar surface area (TPSA) is 35.2 Å². The lowest BCUT2D eigenvalue weighted by molar-refractivity contribution is 0.343. The third kappa shape index (κ3) is 2.79. The summed E-state index contributed by atoms with van der Waals surface area (Å²) in [6.45, 7) is 2.71. The highest BCUT2D eigenvalue weighted by atomic mass is 32.2. The molecule has 0 aromatic heterocycles. The second-order valence-electron chi connectivity index (χ2n) is 4.33. The molecule has 2 rings (SSSR count). The van der Waals surface area contributed by atoms with Crippen molar-refractivity contribution >= 4 is 22.5 Å². The molecule has 18 heavy (non-hydrogen) atoms. The smallest absolute Gasteiger partial charge is 0.131 e. The molecule has 0 aliphatic carbocycles. The zero-order valence-corrected chi connectivity index (χ0v) is 11.7. The van der Waals surface area contributed by atoms with Crippen LogP contribution in [0.5, 0.6) is 5.75 Å². The van der Waals surface area contributed by atoms with E-state index in [2.05, 4.69) is 30.5 Å². The lowest BCUT2D eigenvalue weighted by atomic mass is 10.0. The standard InChI is InChI=1S/C15H19NOS/c1-11(16)13-8-7-12-5-3-4-6-14(12)15(13)17-9-10-18-2/h3-8,11H,9-10,16H2,1-2H3. The van der Waals surface area contributed by atoms with Crippen molar-refractivity contribution < 1.29 is 4.74 Å². The van der Waals surface area contributed by atoms with Crippen LogP contribution >= 0.6 is 11.8 Å². The van der Waals surface area contributed by atoms with Crippen molar-refractivity contribution in [1.82, 2.24) is 0 Å². The van der Waals surface area contributed by atoms with Crippen LogP contribution in [-0.2, 0) is 0 Å². The van der Waals surface area contributed by atoms with Crippen LogP contribution in [0.15, 0.2) is 36.4 Å². The quantitative estimate of drug-likeness (QED) is 0.835. The van der Waals surface area contributed by atoms with Gasteiger partial charge in [-0.3, -0.25) is 0 Å².